The number of Topliss-reactive ketones (excluding diaryl/α,β-unsaturated/α-hetero) is 1. The highest BCUT2D eigenvalue weighted by Crippen LogP contribution is 2.02. The molecule has 0 bridgehead atoms. The average molecular weight is 141 g/mol. The summed E-state index contributed by atoms with van der Waals surface area (Å²) in [6.07, 6.45) is 0.652. The lowest BCUT2D eigenvalue weighted by Gasteiger charge is -2.01. The molecule has 0 radical (unpaired) electrons. The third kappa shape index (κ3) is 3.92. The zero-order valence-electron chi connectivity index (χ0n) is 6.24. The van der Waals surface area contributed by atoms with Crippen LogP contribution in [0.2, 0.25) is 0 Å². The van der Waals surface area contributed by atoms with Gasteiger partial charge in [-0.2, -0.15) is 0 Å². The molecule has 0 aliphatic carbocycles. The van der Waals surface area contributed by atoms with Crippen LogP contribution in [0.15, 0.2) is 5.11 Å². The van der Waals surface area contributed by atoms with E-state index in [1.165, 1.54) is 0 Å². The third-order valence-electron chi connectivity index (χ3n) is 1.42. The Balaban J connectivity index is 3.48. The first kappa shape index (κ1) is 8.98. The zero-order valence-corrected chi connectivity index (χ0v) is 6.24. The number of carbonyl (C=O) groups is 1. The van der Waals surface area contributed by atoms with Crippen LogP contribution in [0, 0.1) is 5.92 Å². The lowest BCUT2D eigenvalue weighted by atomic mass is 10.0. The normalized spacial score (nSPS) is 11.8. The van der Waals surface area contributed by atoms with Crippen molar-refractivity contribution in [2.45, 2.75) is 20.3 Å². The van der Waals surface area contributed by atoms with Crippen LogP contribution in [-0.4, -0.2) is 12.3 Å². The summed E-state index contributed by atoms with van der Waals surface area (Å²) in [6.45, 7) is 3.78. The Kier molecular flexibility index (Phi) is 4.33. The van der Waals surface area contributed by atoms with Gasteiger partial charge in [-0.15, -0.1) is 0 Å². The first-order chi connectivity index (χ1) is 4.68. The van der Waals surface area contributed by atoms with Gasteiger partial charge in [0.25, 0.3) is 0 Å². The van der Waals surface area contributed by atoms with Crippen molar-refractivity contribution < 1.29 is 4.79 Å². The second kappa shape index (κ2) is 4.82. The van der Waals surface area contributed by atoms with Crippen LogP contribution >= 0.6 is 0 Å². The minimum Gasteiger partial charge on any atom is -0.300 e. The van der Waals surface area contributed by atoms with E-state index in [0.29, 0.717) is 13.0 Å². The van der Waals surface area contributed by atoms with Gasteiger partial charge in [0.15, 0.2) is 0 Å². The molecule has 0 aromatic heterocycles. The average Bonchev–Trinajstić information content (AvgIpc) is 1.88. The van der Waals surface area contributed by atoms with E-state index in [4.69, 9.17) is 5.53 Å². The Morgan fingerprint density at radius 3 is 2.80 bits per heavy atom. The Bertz CT molecular complexity index is 160. The second-order valence-electron chi connectivity index (χ2n) is 2.25. The van der Waals surface area contributed by atoms with Crippen LogP contribution in [0.4, 0.5) is 0 Å². The first-order valence-corrected chi connectivity index (χ1v) is 3.19. The molecule has 0 rings (SSSR count). The quantitative estimate of drug-likeness (QED) is 0.335. The van der Waals surface area contributed by atoms with Gasteiger partial charge in [0.1, 0.15) is 5.78 Å². The molecule has 0 spiro atoms. The van der Waals surface area contributed by atoms with E-state index >= 15 is 0 Å². The Hall–Kier alpha value is -1.02. The van der Waals surface area contributed by atoms with Crippen LogP contribution in [-0.2, 0) is 4.79 Å². The number of hydrogen-bond donors (Lipinski definition) is 0. The largest absolute Gasteiger partial charge is 0.300 e. The molecule has 0 aliphatic heterocycles. The minimum absolute atomic E-state index is 0.0190. The predicted octanol–water partition coefficient (Wildman–Crippen LogP) is 1.91. The van der Waals surface area contributed by atoms with Crippen molar-refractivity contribution in [3.8, 4) is 0 Å². The second-order valence-corrected chi connectivity index (χ2v) is 2.25. The first-order valence-electron chi connectivity index (χ1n) is 3.19. The summed E-state index contributed by atoms with van der Waals surface area (Å²) in [7, 11) is 0. The van der Waals surface area contributed by atoms with Crippen molar-refractivity contribution in [2.24, 2.45) is 11.0 Å². The van der Waals surface area contributed by atoms with Gasteiger partial charge in [-0.1, -0.05) is 12.0 Å². The topological polar surface area (TPSA) is 65.8 Å². The Morgan fingerprint density at radius 2 is 2.40 bits per heavy atom. The van der Waals surface area contributed by atoms with Crippen molar-refractivity contribution in [1.29, 1.82) is 0 Å². The van der Waals surface area contributed by atoms with Gasteiger partial charge in [-0.25, -0.2) is 0 Å². The highest BCUT2D eigenvalue weighted by Gasteiger charge is 2.04. The molecule has 0 aromatic rings. The van der Waals surface area contributed by atoms with Gasteiger partial charge in [-0.05, 0) is 18.9 Å². The molecule has 4 heteroatoms. The number of carbonyl (C=O) groups excluding carboxylic acids is 1. The molecule has 0 aliphatic rings. The van der Waals surface area contributed by atoms with Crippen LogP contribution in [0.1, 0.15) is 20.3 Å². The van der Waals surface area contributed by atoms with Gasteiger partial charge < -0.3 is 0 Å². The van der Waals surface area contributed by atoms with Gasteiger partial charge in [-0.3, -0.25) is 4.79 Å². The number of azide groups is 1. The van der Waals surface area contributed by atoms with E-state index in [0.717, 1.165) is 0 Å². The lowest BCUT2D eigenvalue weighted by molar-refractivity contribution is -0.120. The Morgan fingerprint density at radius 1 is 1.80 bits per heavy atom. The maximum absolute atomic E-state index is 10.6. The Labute approximate surface area is 59.9 Å². The van der Waals surface area contributed by atoms with E-state index in [2.05, 4.69) is 10.0 Å². The smallest absolute Gasteiger partial charge is 0.132 e. The van der Waals surface area contributed by atoms with Crippen molar-refractivity contribution in [3.05, 3.63) is 10.4 Å². The standard InChI is InChI=1S/C6H11N3O/c1-5(6(2)10)3-4-8-9-7/h5H,3-4H2,1-2H3. The van der Waals surface area contributed by atoms with E-state index in [-0.39, 0.29) is 11.7 Å². The molecule has 10 heavy (non-hydrogen) atoms. The molecular formula is C6H11N3O. The summed E-state index contributed by atoms with van der Waals surface area (Å²) in [5.74, 6) is 0.165. The fourth-order valence-corrected chi connectivity index (χ4v) is 0.499. The summed E-state index contributed by atoms with van der Waals surface area (Å²) < 4.78 is 0. The van der Waals surface area contributed by atoms with Crippen molar-refractivity contribution >= 4 is 5.78 Å². The number of rotatable bonds is 4. The van der Waals surface area contributed by atoms with E-state index in [9.17, 15) is 4.79 Å². The molecule has 1 unspecified atom stereocenters. The SMILES string of the molecule is CC(=O)C(C)CCN=[N+]=[N-]. The van der Waals surface area contributed by atoms with E-state index < -0.39 is 0 Å². The number of nitrogens with zero attached hydrogens (tertiary/aromatic N) is 3. The molecule has 0 saturated heterocycles. The van der Waals surface area contributed by atoms with Crippen molar-refractivity contribution in [1.82, 2.24) is 0 Å². The maximum Gasteiger partial charge on any atom is 0.132 e. The van der Waals surface area contributed by atoms with Gasteiger partial charge in [0, 0.05) is 17.4 Å². The van der Waals surface area contributed by atoms with E-state index in [1.54, 1.807) is 6.92 Å². The van der Waals surface area contributed by atoms with Crippen LogP contribution < -0.4 is 0 Å². The van der Waals surface area contributed by atoms with Crippen molar-refractivity contribution in [3.63, 3.8) is 0 Å². The van der Waals surface area contributed by atoms with Gasteiger partial charge in [0.05, 0.1) is 0 Å². The van der Waals surface area contributed by atoms with Crippen LogP contribution in [0.25, 0.3) is 10.4 Å². The molecule has 56 valence electrons. The van der Waals surface area contributed by atoms with E-state index in [1.807, 2.05) is 6.92 Å². The summed E-state index contributed by atoms with van der Waals surface area (Å²) in [5.41, 5.74) is 7.89. The summed E-state index contributed by atoms with van der Waals surface area (Å²) >= 11 is 0. The molecule has 0 aromatic carbocycles. The van der Waals surface area contributed by atoms with Crippen molar-refractivity contribution in [2.75, 3.05) is 6.54 Å². The molecule has 0 saturated carbocycles. The third-order valence-corrected chi connectivity index (χ3v) is 1.42. The number of hydrogen-bond acceptors (Lipinski definition) is 2. The number of ketones is 1. The summed E-state index contributed by atoms with van der Waals surface area (Å²) in [6, 6.07) is 0. The molecule has 0 fully saturated rings. The molecule has 1 atom stereocenters. The van der Waals surface area contributed by atoms with Gasteiger partial charge >= 0.3 is 0 Å². The molecular weight excluding hydrogens is 130 g/mol. The molecule has 0 amide bonds. The maximum atomic E-state index is 10.6. The van der Waals surface area contributed by atoms with Crippen LogP contribution in [0.3, 0.4) is 0 Å². The van der Waals surface area contributed by atoms with Crippen LogP contribution in [0.5, 0.6) is 0 Å². The summed E-state index contributed by atoms with van der Waals surface area (Å²) in [4.78, 5) is 13.2. The molecule has 0 N–H and O–H groups in total. The molecule has 0 heterocycles. The highest BCUT2D eigenvalue weighted by atomic mass is 16.1. The fourth-order valence-electron chi connectivity index (χ4n) is 0.499. The monoisotopic (exact) mass is 141 g/mol. The predicted molar refractivity (Wildman–Crippen MR) is 38.5 cm³/mol. The lowest BCUT2D eigenvalue weighted by Crippen LogP contribution is -2.06. The van der Waals surface area contributed by atoms with Gasteiger partial charge in [0.2, 0.25) is 0 Å². The minimum atomic E-state index is 0.0190. The molecule has 4 nitrogen and oxygen atoms in total. The highest BCUT2D eigenvalue weighted by molar-refractivity contribution is 5.77. The fraction of sp³-hybridized carbons (Fsp3) is 0.833. The summed E-state index contributed by atoms with van der Waals surface area (Å²) in [5, 5.41) is 3.32. The zero-order chi connectivity index (χ0) is 7.98.